The monoisotopic (exact) mass is 218 g/mol. The lowest BCUT2D eigenvalue weighted by molar-refractivity contribution is 0.263. The molecule has 4 nitrogen and oxygen atoms in total. The molecule has 2 heterocycles. The maximum atomic E-state index is 5.58. The molecule has 0 spiro atoms. The van der Waals surface area contributed by atoms with Gasteiger partial charge in [0.15, 0.2) is 0 Å². The molecule has 2 rings (SSSR count). The zero-order chi connectivity index (χ0) is 11.4. The van der Waals surface area contributed by atoms with E-state index in [2.05, 4.69) is 4.98 Å². The molecule has 0 aliphatic carbocycles. The number of furan rings is 1. The normalized spacial score (nSPS) is 10.4. The van der Waals surface area contributed by atoms with Crippen LogP contribution in [0.4, 0.5) is 0 Å². The second-order valence-electron chi connectivity index (χ2n) is 3.45. The molecule has 0 aliphatic rings. The third-order valence-corrected chi connectivity index (χ3v) is 2.25. The Balaban J connectivity index is 1.99. The predicted molar refractivity (Wildman–Crippen MR) is 59.9 cm³/mol. The van der Waals surface area contributed by atoms with Gasteiger partial charge in [0.2, 0.25) is 0 Å². The van der Waals surface area contributed by atoms with E-state index in [1.807, 2.05) is 31.2 Å². The van der Waals surface area contributed by atoms with E-state index >= 15 is 0 Å². The molecular weight excluding hydrogens is 204 g/mol. The number of pyridine rings is 1. The molecular formula is C12H14N2O2. The maximum absolute atomic E-state index is 5.58. The molecule has 0 saturated heterocycles. The number of nitrogens with zero attached hydrogens (tertiary/aromatic N) is 1. The molecule has 0 fully saturated rings. The highest BCUT2D eigenvalue weighted by Gasteiger charge is 2.03. The van der Waals surface area contributed by atoms with Gasteiger partial charge in [-0.25, -0.2) is 0 Å². The number of rotatable bonds is 4. The number of hydrogen-bond acceptors (Lipinski definition) is 4. The van der Waals surface area contributed by atoms with Crippen LogP contribution in [0, 0.1) is 6.92 Å². The molecule has 0 aromatic carbocycles. The zero-order valence-electron chi connectivity index (χ0n) is 9.14. The Morgan fingerprint density at radius 1 is 1.31 bits per heavy atom. The van der Waals surface area contributed by atoms with Gasteiger partial charge in [-0.15, -0.1) is 0 Å². The molecule has 16 heavy (non-hydrogen) atoms. The molecule has 0 bridgehead atoms. The van der Waals surface area contributed by atoms with Crippen molar-refractivity contribution in [2.45, 2.75) is 20.1 Å². The van der Waals surface area contributed by atoms with Gasteiger partial charge < -0.3 is 14.9 Å². The Morgan fingerprint density at radius 3 is 2.81 bits per heavy atom. The zero-order valence-corrected chi connectivity index (χ0v) is 9.14. The highest BCUT2D eigenvalue weighted by Crippen LogP contribution is 2.16. The summed E-state index contributed by atoms with van der Waals surface area (Å²) in [5.41, 5.74) is 6.32. The van der Waals surface area contributed by atoms with Gasteiger partial charge in [0.05, 0.1) is 12.2 Å². The number of aromatic nitrogens is 1. The fourth-order valence-corrected chi connectivity index (χ4v) is 1.38. The van der Waals surface area contributed by atoms with Crippen molar-refractivity contribution in [2.75, 3.05) is 0 Å². The lowest BCUT2D eigenvalue weighted by atomic mass is 10.3. The minimum Gasteiger partial charge on any atom is -0.484 e. The van der Waals surface area contributed by atoms with Crippen LogP contribution >= 0.6 is 0 Å². The van der Waals surface area contributed by atoms with Crippen LogP contribution in [0.5, 0.6) is 5.75 Å². The molecule has 0 amide bonds. The van der Waals surface area contributed by atoms with Crippen LogP contribution in [0.2, 0.25) is 0 Å². The quantitative estimate of drug-likeness (QED) is 0.852. The summed E-state index contributed by atoms with van der Waals surface area (Å²) in [7, 11) is 0. The van der Waals surface area contributed by atoms with Crippen molar-refractivity contribution in [1.82, 2.24) is 4.98 Å². The van der Waals surface area contributed by atoms with Crippen molar-refractivity contribution in [3.8, 4) is 5.75 Å². The molecule has 2 aromatic heterocycles. The van der Waals surface area contributed by atoms with Crippen LogP contribution in [0.15, 0.2) is 34.9 Å². The first kappa shape index (κ1) is 10.7. The topological polar surface area (TPSA) is 61.3 Å². The molecule has 0 saturated carbocycles. The smallest absolute Gasteiger partial charge is 0.146 e. The van der Waals surface area contributed by atoms with Crippen LogP contribution in [0.25, 0.3) is 0 Å². The van der Waals surface area contributed by atoms with Gasteiger partial charge in [0.1, 0.15) is 23.9 Å². The van der Waals surface area contributed by atoms with Crippen LogP contribution in [-0.4, -0.2) is 4.98 Å². The van der Waals surface area contributed by atoms with Crippen molar-refractivity contribution in [1.29, 1.82) is 0 Å². The number of nitrogens with two attached hydrogens (primary N) is 1. The van der Waals surface area contributed by atoms with Crippen molar-refractivity contribution in [3.63, 3.8) is 0 Å². The molecule has 0 radical (unpaired) electrons. The molecule has 2 aromatic rings. The third-order valence-electron chi connectivity index (χ3n) is 2.25. The number of aryl methyl sites for hydroxylation is 1. The summed E-state index contributed by atoms with van der Waals surface area (Å²) in [6, 6.07) is 7.45. The minimum absolute atomic E-state index is 0.395. The Labute approximate surface area is 94.1 Å². The fraction of sp³-hybridized carbons (Fsp3) is 0.250. The highest BCUT2D eigenvalue weighted by molar-refractivity contribution is 5.25. The second kappa shape index (κ2) is 4.81. The van der Waals surface area contributed by atoms with Crippen molar-refractivity contribution < 1.29 is 9.15 Å². The summed E-state index contributed by atoms with van der Waals surface area (Å²) in [6.45, 7) is 2.71. The van der Waals surface area contributed by atoms with Gasteiger partial charge in [-0.3, -0.25) is 4.98 Å². The Bertz CT molecular complexity index is 466. The molecule has 0 aliphatic heterocycles. The van der Waals surface area contributed by atoms with Gasteiger partial charge in [-0.2, -0.15) is 0 Å². The maximum Gasteiger partial charge on any atom is 0.146 e. The van der Waals surface area contributed by atoms with Crippen LogP contribution in [-0.2, 0) is 13.2 Å². The van der Waals surface area contributed by atoms with Gasteiger partial charge in [-0.05, 0) is 31.2 Å². The second-order valence-corrected chi connectivity index (χ2v) is 3.45. The fourth-order valence-electron chi connectivity index (χ4n) is 1.38. The Morgan fingerprint density at radius 2 is 2.12 bits per heavy atom. The standard InChI is InChI=1S/C12H14N2O2/c1-9-12(3-2-6-14-9)15-8-11-5-4-10(7-13)16-11/h2-6H,7-8,13H2,1H3. The van der Waals surface area contributed by atoms with E-state index < -0.39 is 0 Å². The van der Waals surface area contributed by atoms with Crippen LogP contribution < -0.4 is 10.5 Å². The van der Waals surface area contributed by atoms with E-state index in [1.54, 1.807) is 6.20 Å². The summed E-state index contributed by atoms with van der Waals surface area (Å²) in [6.07, 6.45) is 1.74. The van der Waals surface area contributed by atoms with E-state index in [0.717, 1.165) is 23.0 Å². The summed E-state index contributed by atoms with van der Waals surface area (Å²) in [4.78, 5) is 4.14. The number of ether oxygens (including phenoxy) is 1. The van der Waals surface area contributed by atoms with E-state index in [4.69, 9.17) is 14.9 Å². The van der Waals surface area contributed by atoms with E-state index in [1.165, 1.54) is 0 Å². The van der Waals surface area contributed by atoms with Gasteiger partial charge in [-0.1, -0.05) is 0 Å². The minimum atomic E-state index is 0.395. The largest absolute Gasteiger partial charge is 0.484 e. The first-order chi connectivity index (χ1) is 7.79. The molecule has 4 heteroatoms. The summed E-state index contributed by atoms with van der Waals surface area (Å²) in [5.74, 6) is 2.30. The predicted octanol–water partition coefficient (Wildman–Crippen LogP) is 2.02. The Hall–Kier alpha value is -1.81. The van der Waals surface area contributed by atoms with Crippen LogP contribution in [0.1, 0.15) is 17.2 Å². The van der Waals surface area contributed by atoms with E-state index in [0.29, 0.717) is 13.2 Å². The first-order valence-corrected chi connectivity index (χ1v) is 5.11. The lowest BCUT2D eigenvalue weighted by Crippen LogP contribution is -1.97. The Kier molecular flexibility index (Phi) is 3.22. The molecule has 84 valence electrons. The van der Waals surface area contributed by atoms with Crippen molar-refractivity contribution >= 4 is 0 Å². The van der Waals surface area contributed by atoms with Crippen molar-refractivity contribution in [3.05, 3.63) is 47.7 Å². The van der Waals surface area contributed by atoms with Crippen LogP contribution in [0.3, 0.4) is 0 Å². The number of hydrogen-bond donors (Lipinski definition) is 1. The van der Waals surface area contributed by atoms with E-state index in [9.17, 15) is 0 Å². The van der Waals surface area contributed by atoms with Gasteiger partial charge >= 0.3 is 0 Å². The lowest BCUT2D eigenvalue weighted by Gasteiger charge is -2.05. The summed E-state index contributed by atoms with van der Waals surface area (Å²) < 4.78 is 11.0. The van der Waals surface area contributed by atoms with Gasteiger partial charge in [0.25, 0.3) is 0 Å². The summed E-state index contributed by atoms with van der Waals surface area (Å²) >= 11 is 0. The third kappa shape index (κ3) is 2.41. The first-order valence-electron chi connectivity index (χ1n) is 5.11. The average Bonchev–Trinajstić information content (AvgIpc) is 2.76. The van der Waals surface area contributed by atoms with Crippen molar-refractivity contribution in [2.24, 2.45) is 5.73 Å². The SMILES string of the molecule is Cc1ncccc1OCc1ccc(CN)o1. The van der Waals surface area contributed by atoms with Gasteiger partial charge in [0, 0.05) is 6.20 Å². The van der Waals surface area contributed by atoms with E-state index in [-0.39, 0.29) is 0 Å². The molecule has 0 atom stereocenters. The molecule has 0 unspecified atom stereocenters. The summed E-state index contributed by atoms with van der Waals surface area (Å²) in [5, 5.41) is 0. The highest BCUT2D eigenvalue weighted by atomic mass is 16.5. The average molecular weight is 218 g/mol. The molecule has 2 N–H and O–H groups in total.